The number of ether oxygens (including phenoxy) is 2. The summed E-state index contributed by atoms with van der Waals surface area (Å²) >= 11 is 11.7. The molecule has 0 saturated heterocycles. The molecular weight excluding hydrogens is 325 g/mol. The van der Waals surface area contributed by atoms with Crippen molar-refractivity contribution >= 4 is 35.0 Å². The van der Waals surface area contributed by atoms with E-state index in [0.717, 1.165) is 5.69 Å². The Balaban J connectivity index is 1.80. The number of anilines is 1. The third-order valence-corrected chi connectivity index (χ3v) is 3.48. The van der Waals surface area contributed by atoms with Gasteiger partial charge >= 0.3 is 6.16 Å². The van der Waals surface area contributed by atoms with Crippen LogP contribution in [-0.2, 0) is 4.74 Å². The molecule has 2 rings (SSSR count). The van der Waals surface area contributed by atoms with Gasteiger partial charge in [0.25, 0.3) is 0 Å². The molecule has 0 unspecified atom stereocenters. The van der Waals surface area contributed by atoms with E-state index in [0.29, 0.717) is 16.6 Å². The molecule has 0 aliphatic heterocycles. The minimum absolute atomic E-state index is 0.176. The first-order valence-corrected chi connectivity index (χ1v) is 7.37. The molecule has 0 saturated carbocycles. The lowest BCUT2D eigenvalue weighted by Gasteiger charge is -2.18. The number of para-hydroxylation sites is 1. The molecule has 6 heteroatoms. The lowest BCUT2D eigenvalue weighted by molar-refractivity contribution is 0.102. The highest BCUT2D eigenvalue weighted by Gasteiger charge is 2.10. The van der Waals surface area contributed by atoms with Gasteiger partial charge in [0.2, 0.25) is 0 Å². The first-order chi connectivity index (χ1) is 10.6. The number of benzene rings is 2. The SMILES string of the molecule is CN(CCOC(=O)Oc1cc(Cl)ccc1Cl)c1ccccc1. The summed E-state index contributed by atoms with van der Waals surface area (Å²) < 4.78 is 10.0. The Kier molecular flexibility index (Phi) is 5.92. The fourth-order valence-electron chi connectivity index (χ4n) is 1.75. The van der Waals surface area contributed by atoms with Crippen LogP contribution in [0.3, 0.4) is 0 Å². The molecule has 0 fully saturated rings. The van der Waals surface area contributed by atoms with E-state index in [9.17, 15) is 4.79 Å². The van der Waals surface area contributed by atoms with Crippen LogP contribution in [0.4, 0.5) is 10.5 Å². The van der Waals surface area contributed by atoms with Gasteiger partial charge in [0.15, 0.2) is 5.75 Å². The predicted molar refractivity (Wildman–Crippen MR) is 88.2 cm³/mol. The maximum atomic E-state index is 11.6. The maximum absolute atomic E-state index is 11.6. The molecule has 0 bridgehead atoms. The number of likely N-dealkylation sites (N-methyl/N-ethyl adjacent to an activating group) is 1. The molecule has 0 amide bonds. The van der Waals surface area contributed by atoms with E-state index in [1.807, 2.05) is 42.3 Å². The number of halogens is 2. The van der Waals surface area contributed by atoms with E-state index in [2.05, 4.69) is 0 Å². The average molecular weight is 340 g/mol. The average Bonchev–Trinajstić information content (AvgIpc) is 2.51. The predicted octanol–water partition coefficient (Wildman–Crippen LogP) is 4.65. The molecule has 0 spiro atoms. The van der Waals surface area contributed by atoms with Crippen molar-refractivity contribution in [1.29, 1.82) is 0 Å². The Morgan fingerprint density at radius 1 is 1.14 bits per heavy atom. The monoisotopic (exact) mass is 339 g/mol. The normalized spacial score (nSPS) is 10.1. The highest BCUT2D eigenvalue weighted by atomic mass is 35.5. The van der Waals surface area contributed by atoms with Crippen LogP contribution >= 0.6 is 23.2 Å². The summed E-state index contributed by atoms with van der Waals surface area (Å²) in [5, 5.41) is 0.721. The van der Waals surface area contributed by atoms with Gasteiger partial charge in [-0.25, -0.2) is 4.79 Å². The molecule has 4 nitrogen and oxygen atoms in total. The summed E-state index contributed by atoms with van der Waals surface area (Å²) in [6.07, 6.45) is -0.814. The number of carbonyl (C=O) groups excluding carboxylic acids is 1. The van der Waals surface area contributed by atoms with Crippen molar-refractivity contribution in [3.05, 3.63) is 58.6 Å². The maximum Gasteiger partial charge on any atom is 0.513 e. The zero-order valence-corrected chi connectivity index (χ0v) is 13.5. The van der Waals surface area contributed by atoms with E-state index in [1.165, 1.54) is 6.07 Å². The third-order valence-electron chi connectivity index (χ3n) is 2.93. The van der Waals surface area contributed by atoms with E-state index in [-0.39, 0.29) is 12.4 Å². The first kappa shape index (κ1) is 16.5. The molecule has 0 N–H and O–H groups in total. The van der Waals surface area contributed by atoms with Gasteiger partial charge < -0.3 is 14.4 Å². The lowest BCUT2D eigenvalue weighted by atomic mass is 10.3. The third kappa shape index (κ3) is 4.83. The zero-order valence-electron chi connectivity index (χ0n) is 12.0. The summed E-state index contributed by atoms with van der Waals surface area (Å²) in [7, 11) is 1.91. The van der Waals surface area contributed by atoms with Crippen molar-refractivity contribution in [1.82, 2.24) is 0 Å². The fourth-order valence-corrected chi connectivity index (χ4v) is 2.07. The second-order valence-corrected chi connectivity index (χ2v) is 5.38. The van der Waals surface area contributed by atoms with E-state index < -0.39 is 6.16 Å². The topological polar surface area (TPSA) is 38.8 Å². The summed E-state index contributed by atoms with van der Waals surface area (Å²) in [5.41, 5.74) is 1.04. The number of hydrogen-bond donors (Lipinski definition) is 0. The standard InChI is InChI=1S/C16H15Cl2NO3/c1-19(13-5-3-2-4-6-13)9-10-21-16(20)22-15-11-12(17)7-8-14(15)18/h2-8,11H,9-10H2,1H3. The summed E-state index contributed by atoms with van der Waals surface area (Å²) in [6.45, 7) is 0.741. The first-order valence-electron chi connectivity index (χ1n) is 6.62. The van der Waals surface area contributed by atoms with Crippen LogP contribution in [0.5, 0.6) is 5.75 Å². The van der Waals surface area contributed by atoms with Crippen LogP contribution in [0.1, 0.15) is 0 Å². The van der Waals surface area contributed by atoms with Gasteiger partial charge in [-0.2, -0.15) is 0 Å². The largest absolute Gasteiger partial charge is 0.513 e. The van der Waals surface area contributed by atoms with Gasteiger partial charge in [0.05, 0.1) is 11.6 Å². The Hall–Kier alpha value is -1.91. The second-order valence-electron chi connectivity index (χ2n) is 4.53. The van der Waals surface area contributed by atoms with Crippen molar-refractivity contribution in [3.63, 3.8) is 0 Å². The highest BCUT2D eigenvalue weighted by Crippen LogP contribution is 2.27. The van der Waals surface area contributed by atoms with E-state index in [1.54, 1.807) is 12.1 Å². The molecule has 0 radical (unpaired) electrons. The Morgan fingerprint density at radius 2 is 1.86 bits per heavy atom. The van der Waals surface area contributed by atoms with Crippen molar-refractivity contribution in [2.75, 3.05) is 25.1 Å². The Labute approximate surface area is 139 Å². The molecular formula is C16H15Cl2NO3. The molecule has 0 aliphatic rings. The minimum Gasteiger partial charge on any atom is -0.432 e. The number of carbonyl (C=O) groups is 1. The van der Waals surface area contributed by atoms with Gasteiger partial charge in [-0.05, 0) is 24.3 Å². The molecule has 116 valence electrons. The van der Waals surface area contributed by atoms with Gasteiger partial charge in [-0.3, -0.25) is 0 Å². The quantitative estimate of drug-likeness (QED) is 0.587. The Morgan fingerprint density at radius 3 is 2.59 bits per heavy atom. The van der Waals surface area contributed by atoms with Crippen molar-refractivity contribution in [3.8, 4) is 5.75 Å². The second kappa shape index (κ2) is 7.92. The molecule has 0 heterocycles. The van der Waals surface area contributed by atoms with Gasteiger partial charge in [-0.1, -0.05) is 41.4 Å². The van der Waals surface area contributed by atoms with E-state index >= 15 is 0 Å². The fraction of sp³-hybridized carbons (Fsp3) is 0.188. The molecule has 22 heavy (non-hydrogen) atoms. The van der Waals surface area contributed by atoms with Crippen LogP contribution in [0.25, 0.3) is 0 Å². The molecule has 2 aromatic rings. The number of rotatable bonds is 5. The zero-order chi connectivity index (χ0) is 15.9. The lowest BCUT2D eigenvalue weighted by Crippen LogP contribution is -2.24. The Bertz CT molecular complexity index is 635. The van der Waals surface area contributed by atoms with Crippen LogP contribution < -0.4 is 9.64 Å². The summed E-state index contributed by atoms with van der Waals surface area (Å²) in [5.74, 6) is 0.176. The van der Waals surface area contributed by atoms with Gasteiger partial charge in [-0.15, -0.1) is 0 Å². The van der Waals surface area contributed by atoms with Crippen molar-refractivity contribution in [2.45, 2.75) is 0 Å². The van der Waals surface area contributed by atoms with E-state index in [4.69, 9.17) is 32.7 Å². The van der Waals surface area contributed by atoms with Gasteiger partial charge in [0.1, 0.15) is 6.61 Å². The van der Waals surface area contributed by atoms with Crippen LogP contribution in [0, 0.1) is 0 Å². The van der Waals surface area contributed by atoms with Crippen LogP contribution in [0.15, 0.2) is 48.5 Å². The number of nitrogens with zero attached hydrogens (tertiary/aromatic N) is 1. The number of hydrogen-bond acceptors (Lipinski definition) is 4. The molecule has 2 aromatic carbocycles. The van der Waals surface area contributed by atoms with Crippen molar-refractivity contribution in [2.24, 2.45) is 0 Å². The smallest absolute Gasteiger partial charge is 0.432 e. The highest BCUT2D eigenvalue weighted by molar-refractivity contribution is 6.34. The van der Waals surface area contributed by atoms with Crippen LogP contribution in [-0.4, -0.2) is 26.4 Å². The van der Waals surface area contributed by atoms with Gasteiger partial charge in [0, 0.05) is 23.8 Å². The summed E-state index contributed by atoms with van der Waals surface area (Å²) in [6, 6.07) is 14.4. The molecule has 0 atom stereocenters. The van der Waals surface area contributed by atoms with Crippen molar-refractivity contribution < 1.29 is 14.3 Å². The summed E-state index contributed by atoms with van der Waals surface area (Å²) in [4.78, 5) is 13.6. The van der Waals surface area contributed by atoms with Crippen LogP contribution in [0.2, 0.25) is 10.0 Å². The minimum atomic E-state index is -0.814. The molecule has 0 aliphatic carbocycles. The molecule has 0 aromatic heterocycles.